The molecule has 0 aromatic carbocycles. The topological polar surface area (TPSA) is 67.3 Å². The Morgan fingerprint density at radius 3 is 2.95 bits per heavy atom. The van der Waals surface area contributed by atoms with E-state index >= 15 is 0 Å². The Balaban J connectivity index is 1.83. The Bertz CT molecular complexity index is 385. The number of nitrogens with zero attached hydrogens (tertiary/aromatic N) is 2. The Morgan fingerprint density at radius 2 is 2.05 bits per heavy atom. The van der Waals surface area contributed by atoms with Crippen LogP contribution in [0.1, 0.15) is 36.9 Å². The number of rotatable bonds is 7. The van der Waals surface area contributed by atoms with E-state index < -0.39 is 0 Å². The van der Waals surface area contributed by atoms with E-state index in [1.165, 1.54) is 30.5 Å². The second-order valence-corrected chi connectivity index (χ2v) is 4.82. The zero-order valence-corrected chi connectivity index (χ0v) is 11.4. The lowest BCUT2D eigenvalue weighted by Gasteiger charge is -2.12. The first-order valence-corrected chi connectivity index (χ1v) is 7.17. The lowest BCUT2D eigenvalue weighted by atomic mass is 10.1. The van der Waals surface area contributed by atoms with Crippen molar-refractivity contribution in [3.63, 3.8) is 0 Å². The largest absolute Gasteiger partial charge is 0.394 e. The number of fused-ring (bicyclic) bond motifs is 1. The van der Waals surface area contributed by atoms with Crippen LogP contribution in [0.2, 0.25) is 0 Å². The molecule has 5 nitrogen and oxygen atoms in total. The molecule has 5 heteroatoms. The molecule has 0 bridgehead atoms. The molecular weight excluding hydrogens is 242 g/mol. The molecule has 2 rings (SSSR count). The van der Waals surface area contributed by atoms with Gasteiger partial charge < -0.3 is 15.2 Å². The zero-order chi connectivity index (χ0) is 13.3. The number of aliphatic hydroxyl groups is 1. The van der Waals surface area contributed by atoms with Crippen LogP contribution >= 0.6 is 0 Å². The van der Waals surface area contributed by atoms with E-state index in [1.54, 1.807) is 6.33 Å². The minimum absolute atomic E-state index is 0.0901. The first-order valence-electron chi connectivity index (χ1n) is 7.17. The van der Waals surface area contributed by atoms with E-state index in [0.717, 1.165) is 31.6 Å². The van der Waals surface area contributed by atoms with E-state index in [1.807, 2.05) is 0 Å². The van der Waals surface area contributed by atoms with Gasteiger partial charge >= 0.3 is 0 Å². The third kappa shape index (κ3) is 4.44. The van der Waals surface area contributed by atoms with Gasteiger partial charge in [0.1, 0.15) is 12.1 Å². The van der Waals surface area contributed by atoms with Gasteiger partial charge in [0, 0.05) is 24.4 Å². The molecule has 0 aliphatic heterocycles. The third-order valence-electron chi connectivity index (χ3n) is 3.37. The van der Waals surface area contributed by atoms with Crippen molar-refractivity contribution >= 4 is 5.82 Å². The van der Waals surface area contributed by atoms with Gasteiger partial charge in [0.25, 0.3) is 0 Å². The van der Waals surface area contributed by atoms with E-state index in [2.05, 4.69) is 15.3 Å². The molecule has 0 spiro atoms. The van der Waals surface area contributed by atoms with Crippen molar-refractivity contribution in [1.82, 2.24) is 9.97 Å². The molecule has 0 atom stereocenters. The maximum atomic E-state index is 8.60. The minimum atomic E-state index is 0.0901. The van der Waals surface area contributed by atoms with Crippen LogP contribution < -0.4 is 5.32 Å². The Kier molecular flexibility index (Phi) is 6.04. The van der Waals surface area contributed by atoms with Gasteiger partial charge in [-0.2, -0.15) is 0 Å². The lowest BCUT2D eigenvalue weighted by molar-refractivity contribution is 0.0922. The van der Waals surface area contributed by atoms with E-state index in [9.17, 15) is 0 Å². The van der Waals surface area contributed by atoms with Crippen molar-refractivity contribution in [1.29, 1.82) is 0 Å². The van der Waals surface area contributed by atoms with Gasteiger partial charge in [0.05, 0.1) is 13.2 Å². The van der Waals surface area contributed by atoms with Crippen LogP contribution in [0.5, 0.6) is 0 Å². The number of nitrogens with one attached hydrogen (secondary N) is 1. The maximum absolute atomic E-state index is 8.60. The van der Waals surface area contributed by atoms with Crippen LogP contribution in [0.4, 0.5) is 5.82 Å². The van der Waals surface area contributed by atoms with Crippen molar-refractivity contribution in [2.75, 3.05) is 31.7 Å². The molecule has 0 amide bonds. The molecule has 0 fully saturated rings. The molecule has 2 N–H and O–H groups in total. The fraction of sp³-hybridized carbons (Fsp3) is 0.714. The van der Waals surface area contributed by atoms with Crippen LogP contribution in [0, 0.1) is 0 Å². The summed E-state index contributed by atoms with van der Waals surface area (Å²) in [6, 6.07) is 0. The number of aliphatic hydroxyl groups excluding tert-OH is 1. The monoisotopic (exact) mass is 265 g/mol. The van der Waals surface area contributed by atoms with E-state index in [-0.39, 0.29) is 6.61 Å². The van der Waals surface area contributed by atoms with Gasteiger partial charge in [-0.25, -0.2) is 9.97 Å². The Labute approximate surface area is 114 Å². The number of hydrogen-bond acceptors (Lipinski definition) is 5. The molecule has 0 saturated carbocycles. The van der Waals surface area contributed by atoms with Gasteiger partial charge in [-0.15, -0.1) is 0 Å². The molecule has 0 radical (unpaired) electrons. The van der Waals surface area contributed by atoms with Gasteiger partial charge in [-0.3, -0.25) is 0 Å². The fourth-order valence-electron chi connectivity index (χ4n) is 2.40. The molecule has 19 heavy (non-hydrogen) atoms. The van der Waals surface area contributed by atoms with Crippen molar-refractivity contribution in [3.05, 3.63) is 17.6 Å². The molecular formula is C14H23N3O2. The van der Waals surface area contributed by atoms with Crippen molar-refractivity contribution < 1.29 is 9.84 Å². The van der Waals surface area contributed by atoms with Gasteiger partial charge in [0.15, 0.2) is 0 Å². The average Bonchev–Trinajstić information content (AvgIpc) is 2.68. The Hall–Kier alpha value is -1.20. The standard InChI is InChI=1S/C14H23N3O2/c18-8-10-19-9-4-7-15-14-12-5-2-1-3-6-13(12)16-11-17-14/h11,18H,1-10H2,(H,15,16,17). The third-order valence-corrected chi connectivity index (χ3v) is 3.37. The number of hydrogen-bond donors (Lipinski definition) is 2. The summed E-state index contributed by atoms with van der Waals surface area (Å²) in [5.41, 5.74) is 2.52. The van der Waals surface area contributed by atoms with Gasteiger partial charge in [-0.1, -0.05) is 6.42 Å². The van der Waals surface area contributed by atoms with Crippen LogP contribution in [-0.4, -0.2) is 41.4 Å². The van der Waals surface area contributed by atoms with E-state index in [0.29, 0.717) is 13.2 Å². The first-order chi connectivity index (χ1) is 9.42. The second kappa shape index (κ2) is 8.07. The van der Waals surface area contributed by atoms with Crippen LogP contribution in [0.15, 0.2) is 6.33 Å². The average molecular weight is 265 g/mol. The van der Waals surface area contributed by atoms with Crippen LogP contribution in [0.3, 0.4) is 0 Å². The molecule has 1 aromatic rings. The summed E-state index contributed by atoms with van der Waals surface area (Å²) in [6.45, 7) is 2.02. The van der Waals surface area contributed by atoms with Crippen molar-refractivity contribution in [2.24, 2.45) is 0 Å². The highest BCUT2D eigenvalue weighted by atomic mass is 16.5. The number of anilines is 1. The quantitative estimate of drug-likeness (QED) is 0.578. The summed E-state index contributed by atoms with van der Waals surface area (Å²) in [5, 5.41) is 12.0. The maximum Gasteiger partial charge on any atom is 0.132 e. The number of ether oxygens (including phenoxy) is 1. The zero-order valence-electron chi connectivity index (χ0n) is 11.4. The van der Waals surface area contributed by atoms with Crippen LogP contribution in [-0.2, 0) is 17.6 Å². The minimum Gasteiger partial charge on any atom is -0.394 e. The molecule has 0 saturated heterocycles. The fourth-order valence-corrected chi connectivity index (χ4v) is 2.40. The van der Waals surface area contributed by atoms with Gasteiger partial charge in [0.2, 0.25) is 0 Å². The summed E-state index contributed by atoms with van der Waals surface area (Å²) in [4.78, 5) is 8.77. The summed E-state index contributed by atoms with van der Waals surface area (Å²) < 4.78 is 5.23. The highest BCUT2D eigenvalue weighted by Gasteiger charge is 2.13. The molecule has 1 heterocycles. The van der Waals surface area contributed by atoms with Crippen molar-refractivity contribution in [2.45, 2.75) is 38.5 Å². The molecule has 106 valence electrons. The number of aryl methyl sites for hydroxylation is 1. The Morgan fingerprint density at radius 1 is 1.16 bits per heavy atom. The predicted octanol–water partition coefficient (Wildman–Crippen LogP) is 1.56. The molecule has 1 aromatic heterocycles. The SMILES string of the molecule is OCCOCCCNc1ncnc2c1CCCCC2. The molecule has 1 aliphatic carbocycles. The smallest absolute Gasteiger partial charge is 0.132 e. The number of aromatic nitrogens is 2. The van der Waals surface area contributed by atoms with Crippen molar-refractivity contribution in [3.8, 4) is 0 Å². The first kappa shape index (κ1) is 14.2. The summed E-state index contributed by atoms with van der Waals surface area (Å²) in [6.07, 6.45) is 8.48. The molecule has 1 aliphatic rings. The predicted molar refractivity (Wildman–Crippen MR) is 74.3 cm³/mol. The highest BCUT2D eigenvalue weighted by Crippen LogP contribution is 2.23. The normalized spacial score (nSPS) is 14.8. The van der Waals surface area contributed by atoms with E-state index in [4.69, 9.17) is 9.84 Å². The summed E-state index contributed by atoms with van der Waals surface area (Å²) >= 11 is 0. The second-order valence-electron chi connectivity index (χ2n) is 4.82. The summed E-state index contributed by atoms with van der Waals surface area (Å²) in [7, 11) is 0. The van der Waals surface area contributed by atoms with Crippen LogP contribution in [0.25, 0.3) is 0 Å². The van der Waals surface area contributed by atoms with Gasteiger partial charge in [-0.05, 0) is 32.1 Å². The molecule has 0 unspecified atom stereocenters. The summed E-state index contributed by atoms with van der Waals surface area (Å²) in [5.74, 6) is 0.994. The highest BCUT2D eigenvalue weighted by molar-refractivity contribution is 5.46. The lowest BCUT2D eigenvalue weighted by Crippen LogP contribution is -2.11.